The lowest BCUT2D eigenvalue weighted by molar-refractivity contribution is -0.116. The molecule has 1 aliphatic rings. The van der Waals surface area contributed by atoms with E-state index in [0.717, 1.165) is 24.1 Å². The van der Waals surface area contributed by atoms with E-state index in [1.165, 1.54) is 6.92 Å². The second-order valence-corrected chi connectivity index (χ2v) is 7.41. The van der Waals surface area contributed by atoms with Gasteiger partial charge in [-0.15, -0.1) is 11.6 Å². The number of rotatable bonds is 4. The summed E-state index contributed by atoms with van der Waals surface area (Å²) in [4.78, 5) is 13.6. The van der Waals surface area contributed by atoms with Crippen molar-refractivity contribution in [3.63, 3.8) is 0 Å². The van der Waals surface area contributed by atoms with Crippen LogP contribution in [0.2, 0.25) is 0 Å². The number of anilines is 1. The van der Waals surface area contributed by atoms with Crippen LogP contribution in [-0.4, -0.2) is 32.5 Å². The minimum absolute atomic E-state index is 0.0105. The molecule has 0 saturated carbocycles. The SMILES string of the molecule is CC(=O)N1CCCc2cc(S(=O)(=O)CCCCl)ccc21. The lowest BCUT2D eigenvalue weighted by Crippen LogP contribution is -2.33. The molecule has 0 unspecified atom stereocenters. The maximum absolute atomic E-state index is 12.2. The summed E-state index contributed by atoms with van der Waals surface area (Å²) in [7, 11) is -3.28. The van der Waals surface area contributed by atoms with E-state index in [1.807, 2.05) is 0 Å². The summed E-state index contributed by atoms with van der Waals surface area (Å²) in [6.45, 7) is 2.22. The predicted molar refractivity (Wildman–Crippen MR) is 80.2 cm³/mol. The van der Waals surface area contributed by atoms with E-state index in [1.54, 1.807) is 23.1 Å². The smallest absolute Gasteiger partial charge is 0.223 e. The molecule has 0 fully saturated rings. The number of carbonyl (C=O) groups is 1. The third kappa shape index (κ3) is 3.15. The number of fused-ring (bicyclic) bond motifs is 1. The molecule has 0 saturated heterocycles. The summed E-state index contributed by atoms with van der Waals surface area (Å²) in [5.74, 6) is 0.386. The van der Waals surface area contributed by atoms with E-state index < -0.39 is 9.84 Å². The van der Waals surface area contributed by atoms with Gasteiger partial charge in [0.25, 0.3) is 0 Å². The zero-order valence-corrected chi connectivity index (χ0v) is 13.0. The van der Waals surface area contributed by atoms with Gasteiger partial charge in [-0.25, -0.2) is 8.42 Å². The molecule has 20 heavy (non-hydrogen) atoms. The minimum Gasteiger partial charge on any atom is -0.312 e. The number of hydrogen-bond acceptors (Lipinski definition) is 3. The molecule has 0 spiro atoms. The highest BCUT2D eigenvalue weighted by Gasteiger charge is 2.22. The monoisotopic (exact) mass is 315 g/mol. The number of carbonyl (C=O) groups excluding carboxylic acids is 1. The van der Waals surface area contributed by atoms with Crippen LogP contribution < -0.4 is 4.90 Å². The summed E-state index contributed by atoms with van der Waals surface area (Å²) in [5, 5.41) is 0. The Bertz CT molecular complexity index is 613. The molecule has 2 rings (SSSR count). The molecule has 0 radical (unpaired) electrons. The van der Waals surface area contributed by atoms with E-state index in [0.29, 0.717) is 23.7 Å². The number of nitrogens with zero attached hydrogens (tertiary/aromatic N) is 1. The van der Waals surface area contributed by atoms with Crippen LogP contribution in [0.15, 0.2) is 23.1 Å². The van der Waals surface area contributed by atoms with E-state index in [4.69, 9.17) is 11.6 Å². The molecule has 0 bridgehead atoms. The number of amides is 1. The van der Waals surface area contributed by atoms with Crippen molar-refractivity contribution in [2.24, 2.45) is 0 Å². The van der Waals surface area contributed by atoms with Crippen LogP contribution in [0.4, 0.5) is 5.69 Å². The summed E-state index contributed by atoms with van der Waals surface area (Å²) < 4.78 is 24.3. The van der Waals surface area contributed by atoms with Gasteiger partial charge < -0.3 is 4.90 Å². The number of hydrogen-bond donors (Lipinski definition) is 0. The van der Waals surface area contributed by atoms with Crippen LogP contribution in [0.3, 0.4) is 0 Å². The zero-order chi connectivity index (χ0) is 14.8. The molecule has 110 valence electrons. The van der Waals surface area contributed by atoms with Crippen LogP contribution in [0.1, 0.15) is 25.3 Å². The standard InChI is InChI=1S/C14H18ClNO3S/c1-11(17)16-8-2-4-12-10-13(5-6-14(12)16)20(18,19)9-3-7-15/h5-6,10H,2-4,7-9H2,1H3. The van der Waals surface area contributed by atoms with Gasteiger partial charge in [0, 0.05) is 25.0 Å². The van der Waals surface area contributed by atoms with E-state index in [9.17, 15) is 13.2 Å². The lowest BCUT2D eigenvalue weighted by Gasteiger charge is -2.28. The van der Waals surface area contributed by atoms with Gasteiger partial charge in [-0.2, -0.15) is 0 Å². The Morgan fingerprint density at radius 1 is 1.40 bits per heavy atom. The highest BCUT2D eigenvalue weighted by Crippen LogP contribution is 2.29. The largest absolute Gasteiger partial charge is 0.312 e. The van der Waals surface area contributed by atoms with Gasteiger partial charge in [0.1, 0.15) is 0 Å². The molecule has 0 aliphatic carbocycles. The molecule has 1 aromatic rings. The Hall–Kier alpha value is -1.07. The fourth-order valence-corrected chi connectivity index (χ4v) is 4.11. The maximum atomic E-state index is 12.2. The Morgan fingerprint density at radius 3 is 2.80 bits per heavy atom. The van der Waals surface area contributed by atoms with Crippen LogP contribution in [-0.2, 0) is 21.1 Å². The lowest BCUT2D eigenvalue weighted by atomic mass is 10.0. The molecule has 4 nitrogen and oxygen atoms in total. The third-order valence-corrected chi connectivity index (χ3v) is 5.52. The van der Waals surface area contributed by atoms with Crippen molar-refractivity contribution in [1.29, 1.82) is 0 Å². The van der Waals surface area contributed by atoms with E-state index in [-0.39, 0.29) is 11.7 Å². The normalized spacial score (nSPS) is 15.0. The van der Waals surface area contributed by atoms with Crippen LogP contribution in [0.25, 0.3) is 0 Å². The van der Waals surface area contributed by atoms with Crippen molar-refractivity contribution in [1.82, 2.24) is 0 Å². The highest BCUT2D eigenvalue weighted by atomic mass is 35.5. The van der Waals surface area contributed by atoms with Crippen molar-refractivity contribution in [2.75, 3.05) is 23.1 Å². The fraction of sp³-hybridized carbons (Fsp3) is 0.500. The van der Waals surface area contributed by atoms with Crippen LogP contribution in [0, 0.1) is 0 Å². The van der Waals surface area contributed by atoms with Crippen molar-refractivity contribution >= 4 is 33.0 Å². The van der Waals surface area contributed by atoms with Crippen molar-refractivity contribution in [3.05, 3.63) is 23.8 Å². The molecule has 1 aliphatic heterocycles. The van der Waals surface area contributed by atoms with Gasteiger partial charge in [-0.1, -0.05) is 0 Å². The van der Waals surface area contributed by atoms with Crippen molar-refractivity contribution < 1.29 is 13.2 Å². The van der Waals surface area contributed by atoms with E-state index in [2.05, 4.69) is 0 Å². The average molecular weight is 316 g/mol. The van der Waals surface area contributed by atoms with Gasteiger partial charge in [0.05, 0.1) is 10.6 Å². The summed E-state index contributed by atoms with van der Waals surface area (Å²) in [6.07, 6.45) is 2.11. The molecule has 0 atom stereocenters. The van der Waals surface area contributed by atoms with Gasteiger partial charge in [-0.05, 0) is 43.0 Å². The second-order valence-electron chi connectivity index (χ2n) is 4.93. The molecule has 6 heteroatoms. The maximum Gasteiger partial charge on any atom is 0.223 e. The predicted octanol–water partition coefficient (Wildman–Crippen LogP) is 2.39. The van der Waals surface area contributed by atoms with Gasteiger partial charge in [0.2, 0.25) is 5.91 Å². The number of halogens is 1. The molecular formula is C14H18ClNO3S. The number of aryl methyl sites for hydroxylation is 1. The molecule has 0 aromatic heterocycles. The summed E-state index contributed by atoms with van der Waals surface area (Å²) in [5.41, 5.74) is 1.76. The molecule has 1 aromatic carbocycles. The van der Waals surface area contributed by atoms with Crippen molar-refractivity contribution in [2.45, 2.75) is 31.1 Å². The first kappa shape index (κ1) is 15.3. The molecule has 1 amide bonds. The first-order chi connectivity index (χ1) is 9.45. The Morgan fingerprint density at radius 2 is 2.15 bits per heavy atom. The first-order valence-electron chi connectivity index (χ1n) is 6.65. The van der Waals surface area contributed by atoms with Gasteiger partial charge >= 0.3 is 0 Å². The second kappa shape index (κ2) is 6.14. The third-order valence-electron chi connectivity index (χ3n) is 3.46. The van der Waals surface area contributed by atoms with E-state index >= 15 is 0 Å². The fourth-order valence-electron chi connectivity index (χ4n) is 2.46. The van der Waals surface area contributed by atoms with Crippen LogP contribution in [0.5, 0.6) is 0 Å². The summed E-state index contributed by atoms with van der Waals surface area (Å²) >= 11 is 5.56. The average Bonchev–Trinajstić information content (AvgIpc) is 2.43. The summed E-state index contributed by atoms with van der Waals surface area (Å²) in [6, 6.07) is 5.03. The van der Waals surface area contributed by atoms with Gasteiger partial charge in [-0.3, -0.25) is 4.79 Å². The highest BCUT2D eigenvalue weighted by molar-refractivity contribution is 7.91. The molecule has 0 N–H and O–H groups in total. The Labute approximate surface area is 124 Å². The number of benzene rings is 1. The van der Waals surface area contributed by atoms with Gasteiger partial charge in [0.15, 0.2) is 9.84 Å². The molecular weight excluding hydrogens is 298 g/mol. The Kier molecular flexibility index (Phi) is 4.70. The topological polar surface area (TPSA) is 54.5 Å². The van der Waals surface area contributed by atoms with Crippen LogP contribution >= 0.6 is 11.6 Å². The zero-order valence-electron chi connectivity index (χ0n) is 11.4. The molecule has 1 heterocycles. The van der Waals surface area contributed by atoms with Crippen molar-refractivity contribution in [3.8, 4) is 0 Å². The number of sulfone groups is 1. The minimum atomic E-state index is -3.28. The quantitative estimate of drug-likeness (QED) is 0.802. The Balaban J connectivity index is 2.35. The first-order valence-corrected chi connectivity index (χ1v) is 8.84. The number of alkyl halides is 1.